The Balaban J connectivity index is 1.90. The van der Waals surface area contributed by atoms with Crippen molar-refractivity contribution < 1.29 is 4.79 Å². The molecule has 2 aromatic heterocycles. The van der Waals surface area contributed by atoms with Crippen LogP contribution in [0.25, 0.3) is 11.1 Å². The van der Waals surface area contributed by atoms with Crippen LogP contribution in [0.15, 0.2) is 48.0 Å². The van der Waals surface area contributed by atoms with E-state index in [1.807, 2.05) is 25.2 Å². The molecular weight excluding hydrogens is 342 g/mol. The third-order valence-corrected chi connectivity index (χ3v) is 4.80. The van der Waals surface area contributed by atoms with E-state index >= 15 is 0 Å². The fraction of sp³-hybridized carbons (Fsp3) is 0.350. The third-order valence-electron chi connectivity index (χ3n) is 4.80. The van der Waals surface area contributed by atoms with Gasteiger partial charge in [-0.1, -0.05) is 13.5 Å². The summed E-state index contributed by atoms with van der Waals surface area (Å²) in [6, 6.07) is 5.91. The number of likely N-dealkylation sites (tertiary alicyclic amines) is 1. The SMILES string of the molecule is C=CC(=O)N1CC(N(CCC)c2cc(-c3ccnc(NC)c3)c[nH]c2=O)C1. The molecule has 7 nitrogen and oxygen atoms in total. The van der Waals surface area contributed by atoms with Crippen molar-refractivity contribution in [3.05, 3.63) is 53.6 Å². The number of pyridine rings is 2. The lowest BCUT2D eigenvalue weighted by Gasteiger charge is -2.45. The van der Waals surface area contributed by atoms with Gasteiger partial charge in [-0.05, 0) is 36.3 Å². The summed E-state index contributed by atoms with van der Waals surface area (Å²) in [5.41, 5.74) is 2.40. The van der Waals surface area contributed by atoms with Gasteiger partial charge in [0.15, 0.2) is 0 Å². The van der Waals surface area contributed by atoms with E-state index in [1.54, 1.807) is 17.3 Å². The molecule has 142 valence electrons. The zero-order valence-electron chi connectivity index (χ0n) is 15.7. The highest BCUT2D eigenvalue weighted by molar-refractivity contribution is 5.88. The van der Waals surface area contributed by atoms with Crippen LogP contribution in [0.5, 0.6) is 0 Å². The zero-order chi connectivity index (χ0) is 19.4. The van der Waals surface area contributed by atoms with Crippen molar-refractivity contribution in [2.75, 3.05) is 36.9 Å². The van der Waals surface area contributed by atoms with Crippen LogP contribution < -0.4 is 15.8 Å². The molecule has 0 atom stereocenters. The number of hydrogen-bond acceptors (Lipinski definition) is 5. The van der Waals surface area contributed by atoms with Gasteiger partial charge < -0.3 is 20.1 Å². The molecule has 0 unspecified atom stereocenters. The second kappa shape index (κ2) is 8.07. The van der Waals surface area contributed by atoms with Crippen LogP contribution in [-0.2, 0) is 4.79 Å². The Labute approximate surface area is 158 Å². The number of anilines is 2. The summed E-state index contributed by atoms with van der Waals surface area (Å²) in [5, 5.41) is 3.02. The van der Waals surface area contributed by atoms with E-state index in [0.29, 0.717) is 18.8 Å². The van der Waals surface area contributed by atoms with Crippen LogP contribution >= 0.6 is 0 Å². The minimum absolute atomic E-state index is 0.0678. The van der Waals surface area contributed by atoms with Crippen molar-refractivity contribution in [1.82, 2.24) is 14.9 Å². The number of aromatic nitrogens is 2. The third kappa shape index (κ3) is 3.86. The summed E-state index contributed by atoms with van der Waals surface area (Å²) in [6.45, 7) is 7.58. The average Bonchev–Trinajstić information content (AvgIpc) is 2.66. The molecule has 1 amide bonds. The topological polar surface area (TPSA) is 81.3 Å². The van der Waals surface area contributed by atoms with E-state index in [4.69, 9.17) is 0 Å². The predicted molar refractivity (Wildman–Crippen MR) is 108 cm³/mol. The van der Waals surface area contributed by atoms with Crippen molar-refractivity contribution in [3.8, 4) is 11.1 Å². The molecule has 0 spiro atoms. The van der Waals surface area contributed by atoms with Gasteiger partial charge in [0.2, 0.25) is 5.91 Å². The number of nitrogens with zero attached hydrogens (tertiary/aromatic N) is 3. The quantitative estimate of drug-likeness (QED) is 0.733. The van der Waals surface area contributed by atoms with Crippen molar-refractivity contribution in [1.29, 1.82) is 0 Å². The highest BCUT2D eigenvalue weighted by Crippen LogP contribution is 2.26. The van der Waals surface area contributed by atoms with E-state index in [2.05, 4.69) is 33.7 Å². The number of carbonyl (C=O) groups is 1. The van der Waals surface area contributed by atoms with E-state index in [0.717, 1.165) is 29.9 Å². The standard InChI is InChI=1S/C20H25N5O2/c1-4-8-25(16-12-24(13-16)19(26)5-2)17-9-15(11-23-20(17)27)14-6-7-22-18(10-14)21-3/h5-7,9-11,16H,2,4,8,12-13H2,1,3H3,(H,21,22)(H,23,27). The van der Waals surface area contributed by atoms with Gasteiger partial charge in [-0.3, -0.25) is 9.59 Å². The summed E-state index contributed by atoms with van der Waals surface area (Å²) in [7, 11) is 1.82. The first kappa shape index (κ1) is 18.7. The highest BCUT2D eigenvalue weighted by atomic mass is 16.2. The second-order valence-corrected chi connectivity index (χ2v) is 6.58. The second-order valence-electron chi connectivity index (χ2n) is 6.58. The van der Waals surface area contributed by atoms with Crippen LogP contribution in [0, 0.1) is 0 Å². The zero-order valence-corrected chi connectivity index (χ0v) is 15.7. The molecule has 1 aliphatic heterocycles. The van der Waals surface area contributed by atoms with Gasteiger partial charge >= 0.3 is 0 Å². The van der Waals surface area contributed by atoms with Crippen molar-refractivity contribution >= 4 is 17.4 Å². The molecule has 1 fully saturated rings. The molecular formula is C20H25N5O2. The fourth-order valence-corrected chi connectivity index (χ4v) is 3.30. The molecule has 2 aromatic rings. The van der Waals surface area contributed by atoms with E-state index < -0.39 is 0 Å². The molecule has 0 aromatic carbocycles. The smallest absolute Gasteiger partial charge is 0.271 e. The number of H-pyrrole nitrogens is 1. The Morgan fingerprint density at radius 2 is 2.22 bits per heavy atom. The summed E-state index contributed by atoms with van der Waals surface area (Å²) < 4.78 is 0. The fourth-order valence-electron chi connectivity index (χ4n) is 3.30. The number of rotatable bonds is 7. The van der Waals surface area contributed by atoms with Crippen molar-refractivity contribution in [2.45, 2.75) is 19.4 Å². The minimum Gasteiger partial charge on any atom is -0.373 e. The number of aromatic amines is 1. The van der Waals surface area contributed by atoms with Crippen LogP contribution in [0.1, 0.15) is 13.3 Å². The summed E-state index contributed by atoms with van der Waals surface area (Å²) in [4.78, 5) is 35.2. The summed E-state index contributed by atoms with van der Waals surface area (Å²) in [5.74, 6) is 0.699. The maximum Gasteiger partial charge on any atom is 0.271 e. The first-order chi connectivity index (χ1) is 13.1. The predicted octanol–water partition coefficient (Wildman–Crippen LogP) is 2.09. The molecule has 0 bridgehead atoms. The Bertz CT molecular complexity index is 886. The average molecular weight is 367 g/mol. The molecule has 27 heavy (non-hydrogen) atoms. The normalized spacial score (nSPS) is 13.8. The van der Waals surface area contributed by atoms with Crippen LogP contribution in [0.4, 0.5) is 11.5 Å². The Hall–Kier alpha value is -3.09. The molecule has 1 saturated heterocycles. The van der Waals surface area contributed by atoms with E-state index in [1.165, 1.54) is 6.08 Å². The van der Waals surface area contributed by atoms with Gasteiger partial charge in [0, 0.05) is 44.6 Å². The molecule has 7 heteroatoms. The molecule has 0 aliphatic carbocycles. The van der Waals surface area contributed by atoms with E-state index in [-0.39, 0.29) is 17.5 Å². The first-order valence-electron chi connectivity index (χ1n) is 9.12. The Morgan fingerprint density at radius 1 is 1.44 bits per heavy atom. The first-order valence-corrected chi connectivity index (χ1v) is 9.12. The van der Waals surface area contributed by atoms with Crippen LogP contribution in [0.3, 0.4) is 0 Å². The number of carbonyl (C=O) groups excluding carboxylic acids is 1. The van der Waals surface area contributed by atoms with E-state index in [9.17, 15) is 9.59 Å². The van der Waals surface area contributed by atoms with Gasteiger partial charge in [-0.15, -0.1) is 0 Å². The molecule has 3 heterocycles. The molecule has 1 aliphatic rings. The Morgan fingerprint density at radius 3 is 2.89 bits per heavy atom. The van der Waals surface area contributed by atoms with Crippen LogP contribution in [0.2, 0.25) is 0 Å². The van der Waals surface area contributed by atoms with Gasteiger partial charge in [0.05, 0.1) is 6.04 Å². The molecule has 0 saturated carbocycles. The lowest BCUT2D eigenvalue weighted by molar-refractivity contribution is -0.130. The lowest BCUT2D eigenvalue weighted by atomic mass is 10.0. The van der Waals surface area contributed by atoms with Crippen LogP contribution in [-0.4, -0.2) is 53.5 Å². The highest BCUT2D eigenvalue weighted by Gasteiger charge is 2.34. The number of hydrogen-bond donors (Lipinski definition) is 2. The summed E-state index contributed by atoms with van der Waals surface area (Å²) >= 11 is 0. The molecule has 0 radical (unpaired) electrons. The molecule has 3 rings (SSSR count). The number of nitrogens with one attached hydrogen (secondary N) is 2. The van der Waals surface area contributed by atoms with Gasteiger partial charge in [-0.2, -0.15) is 0 Å². The van der Waals surface area contributed by atoms with Crippen molar-refractivity contribution in [2.24, 2.45) is 0 Å². The minimum atomic E-state index is -0.122. The maximum absolute atomic E-state index is 12.5. The monoisotopic (exact) mass is 367 g/mol. The lowest BCUT2D eigenvalue weighted by Crippen LogP contribution is -2.61. The summed E-state index contributed by atoms with van der Waals surface area (Å²) in [6.07, 6.45) is 5.70. The molecule has 2 N–H and O–H groups in total. The van der Waals surface area contributed by atoms with Crippen molar-refractivity contribution in [3.63, 3.8) is 0 Å². The number of amides is 1. The Kier molecular flexibility index (Phi) is 5.59. The van der Waals surface area contributed by atoms with Gasteiger partial charge in [-0.25, -0.2) is 4.98 Å². The largest absolute Gasteiger partial charge is 0.373 e. The maximum atomic E-state index is 12.5. The van der Waals surface area contributed by atoms with Gasteiger partial charge in [0.25, 0.3) is 5.56 Å². The van der Waals surface area contributed by atoms with Gasteiger partial charge in [0.1, 0.15) is 11.5 Å².